The molecule has 2 rings (SSSR count). The predicted molar refractivity (Wildman–Crippen MR) is 80.6 cm³/mol. The molecule has 1 aliphatic rings. The summed E-state index contributed by atoms with van der Waals surface area (Å²) in [6.07, 6.45) is 7.81. The first kappa shape index (κ1) is 14.8. The van der Waals surface area contributed by atoms with E-state index in [-0.39, 0.29) is 5.41 Å². The van der Waals surface area contributed by atoms with Crippen molar-refractivity contribution in [1.82, 2.24) is 9.97 Å². The fourth-order valence-corrected chi connectivity index (χ4v) is 2.69. The maximum absolute atomic E-state index is 6.07. The number of aromatic nitrogens is 2. The van der Waals surface area contributed by atoms with Gasteiger partial charge in [0.05, 0.1) is 0 Å². The van der Waals surface area contributed by atoms with Crippen LogP contribution in [0.3, 0.4) is 0 Å². The summed E-state index contributed by atoms with van der Waals surface area (Å²) in [4.78, 5) is 9.01. The average Bonchev–Trinajstić information content (AvgIpc) is 2.55. The van der Waals surface area contributed by atoms with E-state index in [2.05, 4.69) is 46.7 Å². The van der Waals surface area contributed by atoms with Crippen LogP contribution in [0.25, 0.3) is 0 Å². The van der Waals surface area contributed by atoms with Gasteiger partial charge in [-0.1, -0.05) is 33.6 Å². The lowest BCUT2D eigenvalue weighted by molar-refractivity contribution is 0.174. The van der Waals surface area contributed by atoms with Gasteiger partial charge in [0.2, 0.25) is 5.88 Å². The third kappa shape index (κ3) is 4.44. The second-order valence-corrected chi connectivity index (χ2v) is 7.15. The Bertz CT molecular complexity index is 421. The van der Waals surface area contributed by atoms with E-state index in [1.54, 1.807) is 0 Å². The zero-order valence-electron chi connectivity index (χ0n) is 12.1. The van der Waals surface area contributed by atoms with Crippen LogP contribution in [0.15, 0.2) is 10.7 Å². The Labute approximate surface area is 124 Å². The first-order chi connectivity index (χ1) is 8.95. The molecular weight excluding hydrogens is 304 g/mol. The number of hydrogen-bond donors (Lipinski definition) is 0. The monoisotopic (exact) mass is 326 g/mol. The molecule has 0 atom stereocenters. The fourth-order valence-electron chi connectivity index (χ4n) is 2.32. The highest BCUT2D eigenvalue weighted by molar-refractivity contribution is 9.10. The van der Waals surface area contributed by atoms with Crippen molar-refractivity contribution >= 4 is 15.9 Å². The Hall–Kier alpha value is -0.640. The standard InChI is InChI=1S/C15H23BrN2O/c1-15(2,3)14-17-12(16)10-13(18-14)19-11-8-6-4-5-7-9-11/h10-11H,4-9H2,1-3H3. The average molecular weight is 327 g/mol. The van der Waals surface area contributed by atoms with Gasteiger partial charge >= 0.3 is 0 Å². The highest BCUT2D eigenvalue weighted by Gasteiger charge is 2.20. The lowest BCUT2D eigenvalue weighted by Gasteiger charge is -2.20. The number of nitrogens with zero attached hydrogens (tertiary/aromatic N) is 2. The molecule has 0 unspecified atom stereocenters. The third-order valence-electron chi connectivity index (χ3n) is 3.43. The summed E-state index contributed by atoms with van der Waals surface area (Å²) in [5, 5.41) is 0. The molecule has 1 saturated carbocycles. The zero-order valence-corrected chi connectivity index (χ0v) is 13.7. The largest absolute Gasteiger partial charge is 0.474 e. The van der Waals surface area contributed by atoms with Crippen LogP contribution in [0.4, 0.5) is 0 Å². The van der Waals surface area contributed by atoms with E-state index >= 15 is 0 Å². The van der Waals surface area contributed by atoms with Gasteiger partial charge in [-0.05, 0) is 41.6 Å². The van der Waals surface area contributed by atoms with Crippen LogP contribution in [0.2, 0.25) is 0 Å². The molecule has 1 aliphatic carbocycles. The van der Waals surface area contributed by atoms with E-state index in [0.717, 1.165) is 23.3 Å². The van der Waals surface area contributed by atoms with Crippen molar-refractivity contribution in [2.24, 2.45) is 0 Å². The number of hydrogen-bond acceptors (Lipinski definition) is 3. The molecule has 1 fully saturated rings. The molecule has 1 heterocycles. The molecular formula is C15H23BrN2O. The predicted octanol–water partition coefficient (Wildman–Crippen LogP) is 4.64. The maximum Gasteiger partial charge on any atom is 0.218 e. The van der Waals surface area contributed by atoms with Crippen LogP contribution in [0.1, 0.15) is 65.1 Å². The van der Waals surface area contributed by atoms with Crippen LogP contribution in [0, 0.1) is 0 Å². The Morgan fingerprint density at radius 3 is 2.32 bits per heavy atom. The quantitative estimate of drug-likeness (QED) is 0.586. The molecule has 3 nitrogen and oxygen atoms in total. The SMILES string of the molecule is CC(C)(C)c1nc(Br)cc(OC2CCCCCC2)n1. The lowest BCUT2D eigenvalue weighted by Crippen LogP contribution is -2.20. The third-order valence-corrected chi connectivity index (χ3v) is 3.84. The Balaban J connectivity index is 2.13. The summed E-state index contributed by atoms with van der Waals surface area (Å²) in [6, 6.07) is 1.88. The van der Waals surface area contributed by atoms with Gasteiger partial charge in [-0.3, -0.25) is 0 Å². The first-order valence-electron chi connectivity index (χ1n) is 7.17. The van der Waals surface area contributed by atoms with Crippen molar-refractivity contribution in [3.8, 4) is 5.88 Å². The lowest BCUT2D eigenvalue weighted by atomic mass is 9.96. The van der Waals surface area contributed by atoms with E-state index < -0.39 is 0 Å². The van der Waals surface area contributed by atoms with E-state index in [0.29, 0.717) is 12.0 Å². The second kappa shape index (κ2) is 6.21. The molecule has 106 valence electrons. The molecule has 0 amide bonds. The van der Waals surface area contributed by atoms with Gasteiger partial charge < -0.3 is 4.74 Å². The van der Waals surface area contributed by atoms with Crippen molar-refractivity contribution in [1.29, 1.82) is 0 Å². The fraction of sp³-hybridized carbons (Fsp3) is 0.733. The summed E-state index contributed by atoms with van der Waals surface area (Å²) in [6.45, 7) is 6.35. The minimum atomic E-state index is -0.0641. The van der Waals surface area contributed by atoms with E-state index in [1.165, 1.54) is 25.7 Å². The van der Waals surface area contributed by atoms with Crippen LogP contribution in [-0.4, -0.2) is 16.1 Å². The molecule has 0 bridgehead atoms. The summed E-state index contributed by atoms with van der Waals surface area (Å²) >= 11 is 3.45. The highest BCUT2D eigenvalue weighted by Crippen LogP contribution is 2.26. The molecule has 4 heteroatoms. The van der Waals surface area contributed by atoms with Crippen molar-refractivity contribution in [2.75, 3.05) is 0 Å². The van der Waals surface area contributed by atoms with Crippen molar-refractivity contribution < 1.29 is 4.74 Å². The van der Waals surface area contributed by atoms with Gasteiger partial charge in [-0.15, -0.1) is 0 Å². The molecule has 0 saturated heterocycles. The van der Waals surface area contributed by atoms with Crippen molar-refractivity contribution in [3.63, 3.8) is 0 Å². The molecule has 0 aliphatic heterocycles. The second-order valence-electron chi connectivity index (χ2n) is 6.33. The molecule has 1 aromatic heterocycles. The summed E-state index contributed by atoms with van der Waals surface area (Å²) < 4.78 is 6.87. The summed E-state index contributed by atoms with van der Waals surface area (Å²) in [5.41, 5.74) is -0.0641. The first-order valence-corrected chi connectivity index (χ1v) is 7.96. The van der Waals surface area contributed by atoms with Crippen molar-refractivity contribution in [2.45, 2.75) is 70.8 Å². The van der Waals surface area contributed by atoms with E-state index in [1.807, 2.05) is 6.07 Å². The normalized spacial score (nSPS) is 18.1. The molecule has 0 radical (unpaired) electrons. The number of ether oxygens (including phenoxy) is 1. The Kier molecular flexibility index (Phi) is 4.82. The molecule has 1 aromatic rings. The van der Waals surface area contributed by atoms with Crippen LogP contribution in [0.5, 0.6) is 5.88 Å². The topological polar surface area (TPSA) is 35.0 Å². The van der Waals surface area contributed by atoms with Gasteiger partial charge in [-0.2, -0.15) is 4.98 Å². The van der Waals surface area contributed by atoms with E-state index in [9.17, 15) is 0 Å². The van der Waals surface area contributed by atoms with Gasteiger partial charge in [0.15, 0.2) is 0 Å². The zero-order chi connectivity index (χ0) is 13.9. The molecule has 19 heavy (non-hydrogen) atoms. The number of rotatable bonds is 2. The van der Waals surface area contributed by atoms with Gasteiger partial charge in [-0.25, -0.2) is 4.98 Å². The maximum atomic E-state index is 6.07. The van der Waals surface area contributed by atoms with Gasteiger partial charge in [0.25, 0.3) is 0 Å². The van der Waals surface area contributed by atoms with E-state index in [4.69, 9.17) is 4.74 Å². The number of halogens is 1. The van der Waals surface area contributed by atoms with Gasteiger partial charge in [0.1, 0.15) is 16.5 Å². The minimum absolute atomic E-state index is 0.0641. The molecule has 0 spiro atoms. The Morgan fingerprint density at radius 2 is 1.74 bits per heavy atom. The summed E-state index contributed by atoms with van der Waals surface area (Å²) in [5.74, 6) is 1.53. The van der Waals surface area contributed by atoms with Crippen LogP contribution >= 0.6 is 15.9 Å². The minimum Gasteiger partial charge on any atom is -0.474 e. The highest BCUT2D eigenvalue weighted by atomic mass is 79.9. The summed E-state index contributed by atoms with van der Waals surface area (Å²) in [7, 11) is 0. The van der Waals surface area contributed by atoms with Gasteiger partial charge in [0, 0.05) is 11.5 Å². The Morgan fingerprint density at radius 1 is 1.11 bits per heavy atom. The smallest absolute Gasteiger partial charge is 0.218 e. The molecule has 0 N–H and O–H groups in total. The van der Waals surface area contributed by atoms with Crippen LogP contribution < -0.4 is 4.74 Å². The molecule has 0 aromatic carbocycles. The van der Waals surface area contributed by atoms with Crippen molar-refractivity contribution in [3.05, 3.63) is 16.5 Å². The van der Waals surface area contributed by atoms with Crippen LogP contribution in [-0.2, 0) is 5.41 Å².